The molecule has 0 atom stereocenters. The summed E-state index contributed by atoms with van der Waals surface area (Å²) in [5, 5.41) is 4.75. The molecule has 19 heavy (non-hydrogen) atoms. The molecule has 0 amide bonds. The molecule has 0 radical (unpaired) electrons. The molecule has 2 heterocycles. The van der Waals surface area contributed by atoms with Crippen molar-refractivity contribution in [2.45, 2.75) is 46.7 Å². The lowest BCUT2D eigenvalue weighted by Gasteiger charge is -2.29. The Labute approximate surface area is 121 Å². The topological polar surface area (TPSA) is 28.2 Å². The predicted octanol–water partition coefficient (Wildman–Crippen LogP) is 3.12. The first kappa shape index (κ1) is 14.9. The second-order valence-corrected chi connectivity index (χ2v) is 7.40. The van der Waals surface area contributed by atoms with Crippen LogP contribution in [0.2, 0.25) is 0 Å². The lowest BCUT2D eigenvalue weighted by Crippen LogP contribution is -2.32. The van der Waals surface area contributed by atoms with E-state index in [1.54, 1.807) is 0 Å². The highest BCUT2D eigenvalue weighted by Crippen LogP contribution is 2.20. The number of rotatable bonds is 6. The summed E-state index contributed by atoms with van der Waals surface area (Å²) < 4.78 is 0. The third-order valence-electron chi connectivity index (χ3n) is 3.69. The molecule has 1 fully saturated rings. The zero-order valence-corrected chi connectivity index (χ0v) is 13.3. The van der Waals surface area contributed by atoms with Crippen LogP contribution in [-0.4, -0.2) is 29.5 Å². The Morgan fingerprint density at radius 3 is 2.84 bits per heavy atom. The van der Waals surface area contributed by atoms with Crippen LogP contribution < -0.4 is 5.32 Å². The van der Waals surface area contributed by atoms with Crippen LogP contribution in [-0.2, 0) is 13.1 Å². The zero-order chi connectivity index (χ0) is 13.7. The molecule has 0 bridgehead atoms. The van der Waals surface area contributed by atoms with Crippen LogP contribution in [0.25, 0.3) is 0 Å². The van der Waals surface area contributed by atoms with Crippen LogP contribution in [0.15, 0.2) is 6.20 Å². The monoisotopic (exact) mass is 281 g/mol. The van der Waals surface area contributed by atoms with Crippen molar-refractivity contribution in [1.29, 1.82) is 0 Å². The first-order chi connectivity index (χ1) is 9.13. The van der Waals surface area contributed by atoms with E-state index in [1.807, 2.05) is 17.5 Å². The molecule has 1 aromatic heterocycles. The quantitative estimate of drug-likeness (QED) is 0.868. The summed E-state index contributed by atoms with van der Waals surface area (Å²) in [6, 6.07) is 0. The summed E-state index contributed by atoms with van der Waals surface area (Å²) in [6.45, 7) is 12.4. The van der Waals surface area contributed by atoms with Gasteiger partial charge in [0.05, 0.1) is 6.54 Å². The molecule has 1 N–H and O–H groups in total. The highest BCUT2D eigenvalue weighted by molar-refractivity contribution is 7.11. The van der Waals surface area contributed by atoms with Crippen LogP contribution in [0.4, 0.5) is 0 Å². The Hall–Kier alpha value is -0.450. The Bertz CT molecular complexity index is 367. The van der Waals surface area contributed by atoms with Crippen molar-refractivity contribution in [1.82, 2.24) is 15.2 Å². The fourth-order valence-electron chi connectivity index (χ4n) is 2.40. The second kappa shape index (κ2) is 7.36. The van der Waals surface area contributed by atoms with Gasteiger partial charge in [0.2, 0.25) is 0 Å². The molecule has 1 aromatic rings. The maximum absolute atomic E-state index is 4.56. The number of likely N-dealkylation sites (tertiary alicyclic amines) is 1. The predicted molar refractivity (Wildman–Crippen MR) is 82.3 cm³/mol. The molecule has 0 saturated carbocycles. The summed E-state index contributed by atoms with van der Waals surface area (Å²) >= 11 is 1.86. The molecule has 2 rings (SSSR count). The number of hydrogen-bond acceptors (Lipinski definition) is 4. The van der Waals surface area contributed by atoms with Crippen LogP contribution in [0.3, 0.4) is 0 Å². The number of nitrogens with one attached hydrogen (secondary N) is 1. The third-order valence-corrected chi connectivity index (χ3v) is 4.67. The number of piperidine rings is 1. The first-order valence-electron chi connectivity index (χ1n) is 7.50. The Kier molecular flexibility index (Phi) is 5.79. The minimum absolute atomic E-state index is 0.711. The van der Waals surface area contributed by atoms with E-state index in [0.717, 1.165) is 25.6 Å². The molecule has 1 aliphatic heterocycles. The maximum atomic E-state index is 4.56. The smallest absolute Gasteiger partial charge is 0.107 e. The molecule has 1 saturated heterocycles. The molecule has 108 valence electrons. The third kappa shape index (κ3) is 5.21. The van der Waals surface area contributed by atoms with Gasteiger partial charge in [0.15, 0.2) is 0 Å². The molecule has 4 heteroatoms. The van der Waals surface area contributed by atoms with E-state index in [0.29, 0.717) is 5.92 Å². The van der Waals surface area contributed by atoms with Gasteiger partial charge in [0.1, 0.15) is 5.01 Å². The van der Waals surface area contributed by atoms with Gasteiger partial charge in [0.25, 0.3) is 0 Å². The molecule has 0 aliphatic carbocycles. The van der Waals surface area contributed by atoms with E-state index in [1.165, 1.54) is 35.8 Å². The van der Waals surface area contributed by atoms with Gasteiger partial charge in [0, 0.05) is 17.6 Å². The maximum Gasteiger partial charge on any atom is 0.107 e. The summed E-state index contributed by atoms with van der Waals surface area (Å²) in [4.78, 5) is 8.47. The van der Waals surface area contributed by atoms with Gasteiger partial charge in [-0.1, -0.05) is 20.8 Å². The molecule has 0 aromatic carbocycles. The molecular weight excluding hydrogens is 254 g/mol. The standard InChI is InChI=1S/C15H27N3S/c1-12(2)8-16-9-14-10-17-15(19-14)11-18-6-4-13(3)5-7-18/h10,12-13,16H,4-9,11H2,1-3H3. The fourth-order valence-corrected chi connectivity index (χ4v) is 3.33. The Balaban J connectivity index is 1.74. The first-order valence-corrected chi connectivity index (χ1v) is 8.31. The average molecular weight is 281 g/mol. The van der Waals surface area contributed by atoms with Crippen molar-refractivity contribution in [2.24, 2.45) is 11.8 Å². The van der Waals surface area contributed by atoms with Gasteiger partial charge in [-0.15, -0.1) is 11.3 Å². The lowest BCUT2D eigenvalue weighted by atomic mass is 9.99. The van der Waals surface area contributed by atoms with E-state index in [4.69, 9.17) is 0 Å². The van der Waals surface area contributed by atoms with Gasteiger partial charge < -0.3 is 5.32 Å². The SMILES string of the molecule is CC(C)CNCc1cnc(CN2CCC(C)CC2)s1. The van der Waals surface area contributed by atoms with Gasteiger partial charge in [-0.05, 0) is 44.3 Å². The summed E-state index contributed by atoms with van der Waals surface area (Å²) in [6.07, 6.45) is 4.72. The highest BCUT2D eigenvalue weighted by Gasteiger charge is 2.16. The number of hydrogen-bond donors (Lipinski definition) is 1. The van der Waals surface area contributed by atoms with Gasteiger partial charge in [-0.25, -0.2) is 4.98 Å². The molecule has 3 nitrogen and oxygen atoms in total. The van der Waals surface area contributed by atoms with Crippen molar-refractivity contribution >= 4 is 11.3 Å². The largest absolute Gasteiger partial charge is 0.312 e. The highest BCUT2D eigenvalue weighted by atomic mass is 32.1. The minimum atomic E-state index is 0.711. The Morgan fingerprint density at radius 1 is 1.42 bits per heavy atom. The van der Waals surface area contributed by atoms with E-state index < -0.39 is 0 Å². The van der Waals surface area contributed by atoms with E-state index >= 15 is 0 Å². The van der Waals surface area contributed by atoms with Gasteiger partial charge in [-0.2, -0.15) is 0 Å². The average Bonchev–Trinajstić information content (AvgIpc) is 2.79. The van der Waals surface area contributed by atoms with Crippen LogP contribution in [0.5, 0.6) is 0 Å². The van der Waals surface area contributed by atoms with Crippen LogP contribution in [0, 0.1) is 11.8 Å². The molecule has 0 spiro atoms. The van der Waals surface area contributed by atoms with Crippen molar-refractivity contribution in [3.05, 3.63) is 16.1 Å². The number of thiazole rings is 1. The van der Waals surface area contributed by atoms with Crippen molar-refractivity contribution in [2.75, 3.05) is 19.6 Å². The normalized spacial score (nSPS) is 18.3. The van der Waals surface area contributed by atoms with Crippen molar-refractivity contribution in [3.8, 4) is 0 Å². The summed E-state index contributed by atoms with van der Waals surface area (Å²) in [5.41, 5.74) is 0. The van der Waals surface area contributed by atoms with Gasteiger partial charge >= 0.3 is 0 Å². The lowest BCUT2D eigenvalue weighted by molar-refractivity contribution is 0.185. The van der Waals surface area contributed by atoms with Crippen LogP contribution >= 0.6 is 11.3 Å². The zero-order valence-electron chi connectivity index (χ0n) is 12.5. The van der Waals surface area contributed by atoms with E-state index in [-0.39, 0.29) is 0 Å². The number of nitrogens with zero attached hydrogens (tertiary/aromatic N) is 2. The summed E-state index contributed by atoms with van der Waals surface area (Å²) in [7, 11) is 0. The summed E-state index contributed by atoms with van der Waals surface area (Å²) in [5.74, 6) is 1.62. The van der Waals surface area contributed by atoms with Crippen molar-refractivity contribution < 1.29 is 0 Å². The minimum Gasteiger partial charge on any atom is -0.312 e. The molecule has 0 unspecified atom stereocenters. The molecule has 1 aliphatic rings. The van der Waals surface area contributed by atoms with E-state index in [9.17, 15) is 0 Å². The fraction of sp³-hybridized carbons (Fsp3) is 0.800. The van der Waals surface area contributed by atoms with E-state index in [2.05, 4.69) is 36.0 Å². The van der Waals surface area contributed by atoms with Crippen molar-refractivity contribution in [3.63, 3.8) is 0 Å². The van der Waals surface area contributed by atoms with Gasteiger partial charge in [-0.3, -0.25) is 4.90 Å². The van der Waals surface area contributed by atoms with Crippen LogP contribution in [0.1, 0.15) is 43.5 Å². The second-order valence-electron chi connectivity index (χ2n) is 6.20. The molecular formula is C15H27N3S. The Morgan fingerprint density at radius 2 is 2.16 bits per heavy atom. The number of aromatic nitrogens is 1.